The standard InChI is InChI=1S/C14H23NO2/c1-8(16)12-11-10(7-15(12)9(2)17)13(3,4)14(11,5)6/h10-12H,7H2,1-6H3/t10-,11-,12+/m0/s1. The van der Waals surface area contributed by atoms with Crippen molar-refractivity contribution in [2.75, 3.05) is 6.54 Å². The van der Waals surface area contributed by atoms with Gasteiger partial charge in [0.25, 0.3) is 0 Å². The Bertz CT molecular complexity index is 384. The zero-order valence-corrected chi connectivity index (χ0v) is 11.7. The third-order valence-corrected chi connectivity index (χ3v) is 5.74. The molecule has 3 nitrogen and oxygen atoms in total. The first-order chi connectivity index (χ1) is 7.62. The fraction of sp³-hybridized carbons (Fsp3) is 0.857. The minimum Gasteiger partial charge on any atom is -0.332 e. The quantitative estimate of drug-likeness (QED) is 0.700. The number of rotatable bonds is 1. The molecule has 0 spiro atoms. The second-order valence-corrected chi connectivity index (χ2v) is 6.80. The molecular formula is C14H23NO2. The summed E-state index contributed by atoms with van der Waals surface area (Å²) in [6.45, 7) is 12.9. The first kappa shape index (κ1) is 12.6. The minimum absolute atomic E-state index is 0.0335. The SMILES string of the molecule is CC(=O)[C@@H]1[C@@H]2[C@H](CN1C(C)=O)C(C)(C)C2(C)C. The van der Waals surface area contributed by atoms with Crippen molar-refractivity contribution in [3.05, 3.63) is 0 Å². The van der Waals surface area contributed by atoms with Crippen LogP contribution in [0.25, 0.3) is 0 Å². The van der Waals surface area contributed by atoms with Gasteiger partial charge in [-0.1, -0.05) is 27.7 Å². The largest absolute Gasteiger partial charge is 0.332 e. The van der Waals surface area contributed by atoms with Crippen LogP contribution in [0.5, 0.6) is 0 Å². The lowest BCUT2D eigenvalue weighted by Gasteiger charge is -2.63. The number of ketones is 1. The van der Waals surface area contributed by atoms with Crippen LogP contribution in [-0.2, 0) is 9.59 Å². The molecule has 2 rings (SSSR count). The summed E-state index contributed by atoms with van der Waals surface area (Å²) < 4.78 is 0. The predicted octanol–water partition coefficient (Wildman–Crippen LogP) is 2.10. The molecule has 1 aliphatic heterocycles. The normalized spacial score (nSPS) is 37.3. The van der Waals surface area contributed by atoms with E-state index in [2.05, 4.69) is 27.7 Å². The molecule has 0 aromatic rings. The summed E-state index contributed by atoms with van der Waals surface area (Å²) in [5, 5.41) is 0. The molecule has 2 fully saturated rings. The van der Waals surface area contributed by atoms with Gasteiger partial charge in [0, 0.05) is 13.5 Å². The van der Waals surface area contributed by atoms with Crippen LogP contribution in [0.1, 0.15) is 41.5 Å². The van der Waals surface area contributed by atoms with Gasteiger partial charge >= 0.3 is 0 Å². The third-order valence-electron chi connectivity index (χ3n) is 5.74. The zero-order valence-electron chi connectivity index (χ0n) is 11.7. The van der Waals surface area contributed by atoms with Crippen molar-refractivity contribution in [1.82, 2.24) is 4.90 Å². The third kappa shape index (κ3) is 1.34. The Morgan fingerprint density at radius 2 is 1.59 bits per heavy atom. The van der Waals surface area contributed by atoms with Gasteiger partial charge in [0.1, 0.15) is 0 Å². The van der Waals surface area contributed by atoms with Crippen LogP contribution < -0.4 is 0 Å². The summed E-state index contributed by atoms with van der Waals surface area (Å²) >= 11 is 0. The summed E-state index contributed by atoms with van der Waals surface area (Å²) in [5.41, 5.74) is 0.327. The Labute approximate surface area is 104 Å². The van der Waals surface area contributed by atoms with Crippen molar-refractivity contribution < 1.29 is 9.59 Å². The van der Waals surface area contributed by atoms with Gasteiger partial charge < -0.3 is 4.90 Å². The van der Waals surface area contributed by atoms with Crippen LogP contribution in [0.15, 0.2) is 0 Å². The van der Waals surface area contributed by atoms with Gasteiger partial charge in [0.15, 0.2) is 5.78 Å². The maximum Gasteiger partial charge on any atom is 0.220 e. The average Bonchev–Trinajstić information content (AvgIpc) is 2.56. The summed E-state index contributed by atoms with van der Waals surface area (Å²) in [7, 11) is 0. The highest BCUT2D eigenvalue weighted by Gasteiger charge is 2.69. The lowest BCUT2D eigenvalue weighted by molar-refractivity contribution is -0.158. The molecular weight excluding hydrogens is 214 g/mol. The van der Waals surface area contributed by atoms with Crippen molar-refractivity contribution in [2.24, 2.45) is 22.7 Å². The first-order valence-corrected chi connectivity index (χ1v) is 6.40. The second kappa shape index (κ2) is 3.33. The topological polar surface area (TPSA) is 37.4 Å². The average molecular weight is 237 g/mol. The Balaban J connectivity index is 2.39. The maximum absolute atomic E-state index is 11.9. The molecule has 0 unspecified atom stereocenters. The highest BCUT2D eigenvalue weighted by atomic mass is 16.2. The van der Waals surface area contributed by atoms with E-state index in [-0.39, 0.29) is 28.6 Å². The fourth-order valence-electron chi connectivity index (χ4n) is 4.04. The molecule has 0 bridgehead atoms. The Morgan fingerprint density at radius 1 is 1.06 bits per heavy atom. The summed E-state index contributed by atoms with van der Waals surface area (Å²) in [4.78, 5) is 25.3. The van der Waals surface area contributed by atoms with E-state index in [0.717, 1.165) is 6.54 Å². The van der Waals surface area contributed by atoms with Crippen LogP contribution in [0, 0.1) is 22.7 Å². The fourth-order valence-corrected chi connectivity index (χ4v) is 4.04. The lowest BCUT2D eigenvalue weighted by Crippen LogP contribution is -2.62. The van der Waals surface area contributed by atoms with Gasteiger partial charge in [-0.3, -0.25) is 9.59 Å². The molecule has 0 aromatic carbocycles. The molecule has 1 saturated carbocycles. The van der Waals surface area contributed by atoms with Crippen molar-refractivity contribution in [3.63, 3.8) is 0 Å². The number of nitrogens with zero attached hydrogens (tertiary/aromatic N) is 1. The summed E-state index contributed by atoms with van der Waals surface area (Å²) in [6, 6.07) is -0.194. The highest BCUT2D eigenvalue weighted by Crippen LogP contribution is 2.68. The van der Waals surface area contributed by atoms with E-state index in [0.29, 0.717) is 11.8 Å². The molecule has 3 atom stereocenters. The first-order valence-electron chi connectivity index (χ1n) is 6.40. The van der Waals surface area contributed by atoms with Gasteiger partial charge in [0.05, 0.1) is 6.04 Å². The van der Waals surface area contributed by atoms with Crippen LogP contribution >= 0.6 is 0 Å². The molecule has 3 heteroatoms. The van der Waals surface area contributed by atoms with E-state index in [4.69, 9.17) is 0 Å². The zero-order chi connectivity index (χ0) is 13.2. The number of Topliss-reactive ketones (excluding diaryl/α,β-unsaturated/α-hetero) is 1. The molecule has 1 heterocycles. The summed E-state index contributed by atoms with van der Waals surface area (Å²) in [5.74, 6) is 0.969. The molecule has 0 aromatic heterocycles. The van der Waals surface area contributed by atoms with E-state index >= 15 is 0 Å². The van der Waals surface area contributed by atoms with Crippen LogP contribution in [-0.4, -0.2) is 29.2 Å². The highest BCUT2D eigenvalue weighted by molar-refractivity contribution is 5.88. The molecule has 1 amide bonds. The summed E-state index contributed by atoms with van der Waals surface area (Å²) in [6.07, 6.45) is 0. The monoisotopic (exact) mass is 237 g/mol. The number of hydrogen-bond acceptors (Lipinski definition) is 2. The predicted molar refractivity (Wildman–Crippen MR) is 66.4 cm³/mol. The Kier molecular flexibility index (Phi) is 2.47. The van der Waals surface area contributed by atoms with E-state index in [9.17, 15) is 9.59 Å². The molecule has 2 aliphatic rings. The van der Waals surface area contributed by atoms with E-state index < -0.39 is 0 Å². The molecule has 0 radical (unpaired) electrons. The molecule has 96 valence electrons. The molecule has 17 heavy (non-hydrogen) atoms. The minimum atomic E-state index is -0.194. The number of likely N-dealkylation sites (tertiary alicyclic amines) is 1. The van der Waals surface area contributed by atoms with Crippen molar-refractivity contribution >= 4 is 11.7 Å². The van der Waals surface area contributed by atoms with Gasteiger partial charge in [-0.2, -0.15) is 0 Å². The smallest absolute Gasteiger partial charge is 0.220 e. The van der Waals surface area contributed by atoms with Gasteiger partial charge in [-0.25, -0.2) is 0 Å². The molecule has 1 saturated heterocycles. The Morgan fingerprint density at radius 3 is 2.00 bits per heavy atom. The van der Waals surface area contributed by atoms with E-state index in [1.165, 1.54) is 0 Å². The molecule has 1 aliphatic carbocycles. The van der Waals surface area contributed by atoms with Crippen LogP contribution in [0.3, 0.4) is 0 Å². The second-order valence-electron chi connectivity index (χ2n) is 6.80. The van der Waals surface area contributed by atoms with Gasteiger partial charge in [-0.05, 0) is 29.6 Å². The molecule has 0 N–H and O–H groups in total. The Hall–Kier alpha value is -0.860. The van der Waals surface area contributed by atoms with Crippen LogP contribution in [0.2, 0.25) is 0 Å². The number of carbonyl (C=O) groups excluding carboxylic acids is 2. The number of amides is 1. The number of carbonyl (C=O) groups is 2. The van der Waals surface area contributed by atoms with E-state index in [1.54, 1.807) is 18.7 Å². The van der Waals surface area contributed by atoms with E-state index in [1.807, 2.05) is 0 Å². The van der Waals surface area contributed by atoms with Gasteiger partial charge in [-0.15, -0.1) is 0 Å². The van der Waals surface area contributed by atoms with Crippen molar-refractivity contribution in [1.29, 1.82) is 0 Å². The van der Waals surface area contributed by atoms with Gasteiger partial charge in [0.2, 0.25) is 5.91 Å². The maximum atomic E-state index is 11.9. The lowest BCUT2D eigenvalue weighted by atomic mass is 9.40. The van der Waals surface area contributed by atoms with Crippen molar-refractivity contribution in [3.8, 4) is 0 Å². The van der Waals surface area contributed by atoms with Crippen molar-refractivity contribution in [2.45, 2.75) is 47.6 Å². The number of hydrogen-bond donors (Lipinski definition) is 0. The van der Waals surface area contributed by atoms with Crippen LogP contribution in [0.4, 0.5) is 0 Å². The number of fused-ring (bicyclic) bond motifs is 1.